The van der Waals surface area contributed by atoms with Crippen LogP contribution in [0.3, 0.4) is 0 Å². The molecule has 4 heteroatoms. The lowest BCUT2D eigenvalue weighted by molar-refractivity contribution is -0.132. The van der Waals surface area contributed by atoms with Crippen LogP contribution < -0.4 is 11.1 Å². The van der Waals surface area contributed by atoms with Crippen LogP contribution in [-0.2, 0) is 9.53 Å². The highest BCUT2D eigenvalue weighted by Crippen LogP contribution is 2.28. The summed E-state index contributed by atoms with van der Waals surface area (Å²) in [5.41, 5.74) is 5.54. The Morgan fingerprint density at radius 2 is 2.14 bits per heavy atom. The highest BCUT2D eigenvalue weighted by molar-refractivity contribution is 5.81. The van der Waals surface area contributed by atoms with E-state index in [0.29, 0.717) is 6.54 Å². The highest BCUT2D eigenvalue weighted by atomic mass is 16.5. The van der Waals surface area contributed by atoms with E-state index >= 15 is 0 Å². The number of methoxy groups -OCH3 is 1. The molecule has 0 saturated heterocycles. The van der Waals surface area contributed by atoms with Crippen molar-refractivity contribution < 1.29 is 9.53 Å². The normalized spacial score (nSPS) is 21.9. The van der Waals surface area contributed by atoms with Gasteiger partial charge in [0.2, 0.25) is 5.91 Å². The van der Waals surface area contributed by atoms with Crippen molar-refractivity contribution in [3.05, 3.63) is 0 Å². The number of hydrogen-bond donors (Lipinski definition) is 2. The average molecular weight is 200 g/mol. The molecule has 0 spiro atoms. The first-order valence-corrected chi connectivity index (χ1v) is 5.18. The molecule has 1 aliphatic rings. The molecule has 0 bridgehead atoms. The SMILES string of the molecule is COC(C)C(=O)NC1(CN)CCCC1. The van der Waals surface area contributed by atoms with Gasteiger partial charge in [0.15, 0.2) is 0 Å². The lowest BCUT2D eigenvalue weighted by Gasteiger charge is -2.29. The summed E-state index contributed by atoms with van der Waals surface area (Å²) >= 11 is 0. The molecule has 4 nitrogen and oxygen atoms in total. The molecule has 1 rings (SSSR count). The quantitative estimate of drug-likeness (QED) is 0.691. The van der Waals surface area contributed by atoms with E-state index in [4.69, 9.17) is 10.5 Å². The first-order chi connectivity index (χ1) is 6.63. The van der Waals surface area contributed by atoms with Crippen LogP contribution in [0, 0.1) is 0 Å². The van der Waals surface area contributed by atoms with Crippen molar-refractivity contribution >= 4 is 5.91 Å². The van der Waals surface area contributed by atoms with E-state index in [0.717, 1.165) is 25.7 Å². The van der Waals surface area contributed by atoms with Crippen molar-refractivity contribution in [3.8, 4) is 0 Å². The van der Waals surface area contributed by atoms with Crippen LogP contribution in [0.1, 0.15) is 32.6 Å². The largest absolute Gasteiger partial charge is 0.372 e. The maximum Gasteiger partial charge on any atom is 0.249 e. The fourth-order valence-electron chi connectivity index (χ4n) is 1.90. The van der Waals surface area contributed by atoms with Gasteiger partial charge in [0, 0.05) is 13.7 Å². The standard InChI is InChI=1S/C10H20N2O2/c1-8(14-2)9(13)12-10(7-11)5-3-4-6-10/h8H,3-7,11H2,1-2H3,(H,12,13). The molecule has 0 aromatic carbocycles. The van der Waals surface area contributed by atoms with E-state index in [2.05, 4.69) is 5.32 Å². The summed E-state index contributed by atoms with van der Waals surface area (Å²) < 4.78 is 4.96. The van der Waals surface area contributed by atoms with Crippen molar-refractivity contribution in [2.45, 2.75) is 44.2 Å². The average Bonchev–Trinajstić information content (AvgIpc) is 2.65. The van der Waals surface area contributed by atoms with E-state index < -0.39 is 0 Å². The lowest BCUT2D eigenvalue weighted by atomic mass is 9.97. The summed E-state index contributed by atoms with van der Waals surface area (Å²) in [5.74, 6) is -0.0557. The number of nitrogens with one attached hydrogen (secondary N) is 1. The van der Waals surface area contributed by atoms with Crippen molar-refractivity contribution in [1.82, 2.24) is 5.32 Å². The molecule has 82 valence electrons. The van der Waals surface area contributed by atoms with Crippen LogP contribution in [0.4, 0.5) is 0 Å². The van der Waals surface area contributed by atoms with Gasteiger partial charge < -0.3 is 15.8 Å². The molecule has 1 unspecified atom stereocenters. The van der Waals surface area contributed by atoms with Gasteiger partial charge in [-0.25, -0.2) is 0 Å². The van der Waals surface area contributed by atoms with E-state index in [1.54, 1.807) is 6.92 Å². The minimum atomic E-state index is -0.390. The second-order valence-corrected chi connectivity index (χ2v) is 4.06. The Labute approximate surface area is 85.2 Å². The molecule has 3 N–H and O–H groups in total. The Kier molecular flexibility index (Phi) is 3.89. The molecule has 14 heavy (non-hydrogen) atoms. The number of amides is 1. The van der Waals surface area contributed by atoms with Gasteiger partial charge in [-0.1, -0.05) is 12.8 Å². The number of carbonyl (C=O) groups excluding carboxylic acids is 1. The third-order valence-electron chi connectivity index (χ3n) is 3.06. The third kappa shape index (κ3) is 2.45. The molecule has 0 radical (unpaired) electrons. The first-order valence-electron chi connectivity index (χ1n) is 5.18. The molecular formula is C10H20N2O2. The fraction of sp³-hybridized carbons (Fsp3) is 0.900. The monoisotopic (exact) mass is 200 g/mol. The number of ether oxygens (including phenoxy) is 1. The summed E-state index contributed by atoms with van der Waals surface area (Å²) in [6, 6.07) is 0. The Hall–Kier alpha value is -0.610. The predicted molar refractivity (Wildman–Crippen MR) is 54.9 cm³/mol. The van der Waals surface area contributed by atoms with Gasteiger partial charge in [0.25, 0.3) is 0 Å². The number of carbonyl (C=O) groups is 1. The second-order valence-electron chi connectivity index (χ2n) is 4.06. The predicted octanol–water partition coefficient (Wildman–Crippen LogP) is 0.409. The van der Waals surface area contributed by atoms with Gasteiger partial charge in [-0.15, -0.1) is 0 Å². The molecule has 1 aliphatic carbocycles. The Morgan fingerprint density at radius 1 is 1.57 bits per heavy atom. The van der Waals surface area contributed by atoms with Crippen LogP contribution in [0.5, 0.6) is 0 Å². The van der Waals surface area contributed by atoms with Gasteiger partial charge in [-0.2, -0.15) is 0 Å². The van der Waals surface area contributed by atoms with Crippen LogP contribution in [-0.4, -0.2) is 31.2 Å². The minimum Gasteiger partial charge on any atom is -0.372 e. The molecule has 1 amide bonds. The summed E-state index contributed by atoms with van der Waals surface area (Å²) in [4.78, 5) is 11.6. The van der Waals surface area contributed by atoms with Gasteiger partial charge in [0.05, 0.1) is 5.54 Å². The maximum atomic E-state index is 11.6. The van der Waals surface area contributed by atoms with E-state index in [9.17, 15) is 4.79 Å². The molecule has 1 atom stereocenters. The minimum absolute atomic E-state index is 0.0557. The number of nitrogens with two attached hydrogens (primary N) is 1. The van der Waals surface area contributed by atoms with Gasteiger partial charge in [-0.3, -0.25) is 4.79 Å². The third-order valence-corrected chi connectivity index (χ3v) is 3.06. The van der Waals surface area contributed by atoms with Gasteiger partial charge in [-0.05, 0) is 19.8 Å². The zero-order valence-corrected chi connectivity index (χ0v) is 9.01. The van der Waals surface area contributed by atoms with Crippen LogP contribution in [0.15, 0.2) is 0 Å². The molecular weight excluding hydrogens is 180 g/mol. The van der Waals surface area contributed by atoms with E-state index in [-0.39, 0.29) is 17.6 Å². The van der Waals surface area contributed by atoms with Gasteiger partial charge in [0.1, 0.15) is 6.10 Å². The molecule has 1 fully saturated rings. The molecule has 0 heterocycles. The Morgan fingerprint density at radius 3 is 2.57 bits per heavy atom. The summed E-state index contributed by atoms with van der Waals surface area (Å²) in [6.07, 6.45) is 3.90. The Balaban J connectivity index is 2.52. The summed E-state index contributed by atoms with van der Waals surface area (Å²) in [6.45, 7) is 2.27. The van der Waals surface area contributed by atoms with E-state index in [1.165, 1.54) is 7.11 Å². The van der Waals surface area contributed by atoms with Crippen molar-refractivity contribution in [2.75, 3.05) is 13.7 Å². The van der Waals surface area contributed by atoms with Crippen LogP contribution in [0.2, 0.25) is 0 Å². The van der Waals surface area contributed by atoms with Crippen LogP contribution >= 0.6 is 0 Å². The van der Waals surface area contributed by atoms with Crippen molar-refractivity contribution in [2.24, 2.45) is 5.73 Å². The number of hydrogen-bond acceptors (Lipinski definition) is 3. The maximum absolute atomic E-state index is 11.6. The second kappa shape index (κ2) is 4.75. The molecule has 0 aromatic heterocycles. The molecule has 0 aliphatic heterocycles. The lowest BCUT2D eigenvalue weighted by Crippen LogP contribution is -2.54. The van der Waals surface area contributed by atoms with Gasteiger partial charge >= 0.3 is 0 Å². The molecule has 0 aromatic rings. The fourth-order valence-corrected chi connectivity index (χ4v) is 1.90. The first kappa shape index (κ1) is 11.5. The van der Waals surface area contributed by atoms with Crippen molar-refractivity contribution in [3.63, 3.8) is 0 Å². The number of rotatable bonds is 4. The topological polar surface area (TPSA) is 64.3 Å². The smallest absolute Gasteiger partial charge is 0.249 e. The summed E-state index contributed by atoms with van der Waals surface area (Å²) in [5, 5.41) is 3.00. The van der Waals surface area contributed by atoms with Crippen LogP contribution in [0.25, 0.3) is 0 Å². The Bertz CT molecular complexity index is 200. The zero-order valence-electron chi connectivity index (χ0n) is 9.01. The van der Waals surface area contributed by atoms with E-state index in [1.807, 2.05) is 0 Å². The summed E-state index contributed by atoms with van der Waals surface area (Å²) in [7, 11) is 1.54. The van der Waals surface area contributed by atoms with Crippen molar-refractivity contribution in [1.29, 1.82) is 0 Å². The molecule has 1 saturated carbocycles. The zero-order chi connectivity index (χ0) is 10.6. The highest BCUT2D eigenvalue weighted by Gasteiger charge is 2.34.